The summed E-state index contributed by atoms with van der Waals surface area (Å²) in [5.41, 5.74) is 2.53. The summed E-state index contributed by atoms with van der Waals surface area (Å²) >= 11 is 0. The molecule has 0 amide bonds. The largest absolute Gasteiger partial charge is 0.310 e. The van der Waals surface area contributed by atoms with Gasteiger partial charge < -0.3 is 5.32 Å². The number of nitrogens with one attached hydrogen (secondary N) is 1. The third kappa shape index (κ3) is 2.66. The van der Waals surface area contributed by atoms with Gasteiger partial charge in [0, 0.05) is 24.3 Å². The molecule has 102 valence electrons. The summed E-state index contributed by atoms with van der Waals surface area (Å²) in [7, 11) is 0. The number of aromatic nitrogens is 2. The topological polar surface area (TPSA) is 29.3 Å². The van der Waals surface area contributed by atoms with E-state index in [0.29, 0.717) is 6.04 Å². The molecular formula is C16H23N3. The van der Waals surface area contributed by atoms with E-state index in [2.05, 4.69) is 29.5 Å². The molecule has 2 unspecified atom stereocenters. The van der Waals surface area contributed by atoms with Gasteiger partial charge in [-0.25, -0.2) is 4.52 Å². The molecule has 0 aliphatic heterocycles. The molecule has 2 heterocycles. The average molecular weight is 257 g/mol. The molecule has 0 aromatic carbocycles. The van der Waals surface area contributed by atoms with Crippen molar-refractivity contribution in [3.8, 4) is 0 Å². The Morgan fingerprint density at radius 1 is 1.32 bits per heavy atom. The van der Waals surface area contributed by atoms with Crippen LogP contribution in [0.25, 0.3) is 5.52 Å². The van der Waals surface area contributed by atoms with Crippen LogP contribution in [-0.4, -0.2) is 15.7 Å². The second-order valence-corrected chi connectivity index (χ2v) is 5.64. The molecule has 1 N–H and O–H groups in total. The highest BCUT2D eigenvalue weighted by Crippen LogP contribution is 2.27. The van der Waals surface area contributed by atoms with Gasteiger partial charge >= 0.3 is 0 Å². The fourth-order valence-corrected chi connectivity index (χ4v) is 3.33. The monoisotopic (exact) mass is 257 g/mol. The predicted octanol–water partition coefficient (Wildman–Crippen LogP) is 3.39. The summed E-state index contributed by atoms with van der Waals surface area (Å²) in [5, 5.41) is 8.16. The van der Waals surface area contributed by atoms with Gasteiger partial charge in [-0.3, -0.25) is 0 Å². The van der Waals surface area contributed by atoms with E-state index in [4.69, 9.17) is 0 Å². The molecule has 3 nitrogen and oxygen atoms in total. The maximum atomic E-state index is 4.40. The molecule has 2 aromatic heterocycles. The van der Waals surface area contributed by atoms with Crippen LogP contribution in [0.2, 0.25) is 0 Å². The summed E-state index contributed by atoms with van der Waals surface area (Å²) in [4.78, 5) is 0. The van der Waals surface area contributed by atoms with Crippen LogP contribution < -0.4 is 5.32 Å². The summed E-state index contributed by atoms with van der Waals surface area (Å²) in [5.74, 6) is 0.857. The average Bonchev–Trinajstić information content (AvgIpc) is 2.89. The summed E-state index contributed by atoms with van der Waals surface area (Å²) in [6.07, 6.45) is 10.8. The zero-order chi connectivity index (χ0) is 13.1. The van der Waals surface area contributed by atoms with E-state index < -0.39 is 0 Å². The van der Waals surface area contributed by atoms with Crippen molar-refractivity contribution in [2.45, 2.75) is 51.6 Å². The first-order valence-corrected chi connectivity index (χ1v) is 7.53. The number of nitrogens with zero attached hydrogens (tertiary/aromatic N) is 2. The van der Waals surface area contributed by atoms with E-state index in [1.807, 2.05) is 23.0 Å². The Morgan fingerprint density at radius 3 is 3.11 bits per heavy atom. The first kappa shape index (κ1) is 12.7. The number of rotatable bonds is 4. The summed E-state index contributed by atoms with van der Waals surface area (Å²) in [6.45, 7) is 3.26. The lowest BCUT2D eigenvalue weighted by Crippen LogP contribution is -2.37. The van der Waals surface area contributed by atoms with Crippen LogP contribution in [0, 0.1) is 5.92 Å². The van der Waals surface area contributed by atoms with Gasteiger partial charge in [-0.1, -0.05) is 32.3 Å². The van der Waals surface area contributed by atoms with Crippen molar-refractivity contribution in [1.29, 1.82) is 0 Å². The Bertz CT molecular complexity index is 532. The molecule has 19 heavy (non-hydrogen) atoms. The Hall–Kier alpha value is -1.35. The van der Waals surface area contributed by atoms with Gasteiger partial charge in [0.05, 0.1) is 11.7 Å². The van der Waals surface area contributed by atoms with Crippen LogP contribution in [0.5, 0.6) is 0 Å². The molecule has 1 saturated carbocycles. The molecule has 0 saturated heterocycles. The molecule has 1 fully saturated rings. The zero-order valence-electron chi connectivity index (χ0n) is 11.7. The fraction of sp³-hybridized carbons (Fsp3) is 0.562. The van der Waals surface area contributed by atoms with E-state index in [0.717, 1.165) is 12.5 Å². The van der Waals surface area contributed by atoms with Crippen molar-refractivity contribution in [1.82, 2.24) is 14.9 Å². The van der Waals surface area contributed by atoms with E-state index >= 15 is 0 Å². The van der Waals surface area contributed by atoms with Crippen LogP contribution in [0.3, 0.4) is 0 Å². The third-order valence-electron chi connectivity index (χ3n) is 4.49. The van der Waals surface area contributed by atoms with Crippen molar-refractivity contribution in [3.63, 3.8) is 0 Å². The summed E-state index contributed by atoms with van der Waals surface area (Å²) < 4.78 is 1.95. The predicted molar refractivity (Wildman–Crippen MR) is 78.1 cm³/mol. The lowest BCUT2D eigenvalue weighted by Gasteiger charge is -2.31. The van der Waals surface area contributed by atoms with Gasteiger partial charge in [-0.05, 0) is 30.9 Å². The Labute approximate surface area is 115 Å². The SMILES string of the molecule is CCC1CCCCC1NCc1cnn2ccccc12. The Balaban J connectivity index is 1.68. The first-order valence-electron chi connectivity index (χ1n) is 7.53. The van der Waals surface area contributed by atoms with Gasteiger partial charge in [0.25, 0.3) is 0 Å². The number of hydrogen-bond acceptors (Lipinski definition) is 2. The molecule has 0 radical (unpaired) electrons. The smallest absolute Gasteiger partial charge is 0.0706 e. The molecule has 1 aliphatic rings. The molecule has 2 atom stereocenters. The van der Waals surface area contributed by atoms with Crippen LogP contribution in [0.15, 0.2) is 30.6 Å². The maximum Gasteiger partial charge on any atom is 0.0706 e. The van der Waals surface area contributed by atoms with Crippen molar-refractivity contribution in [2.75, 3.05) is 0 Å². The second-order valence-electron chi connectivity index (χ2n) is 5.64. The van der Waals surface area contributed by atoms with Crippen molar-refractivity contribution in [3.05, 3.63) is 36.2 Å². The van der Waals surface area contributed by atoms with E-state index in [-0.39, 0.29) is 0 Å². The highest BCUT2D eigenvalue weighted by molar-refractivity contribution is 5.53. The van der Waals surface area contributed by atoms with Gasteiger partial charge in [0.15, 0.2) is 0 Å². The number of hydrogen-bond donors (Lipinski definition) is 1. The Kier molecular flexibility index (Phi) is 3.83. The molecule has 1 aliphatic carbocycles. The van der Waals surface area contributed by atoms with E-state index in [1.165, 1.54) is 43.2 Å². The van der Waals surface area contributed by atoms with Gasteiger partial charge in [-0.15, -0.1) is 0 Å². The standard InChI is InChI=1S/C16H23N3/c1-2-13-7-3-4-8-15(13)17-11-14-12-18-19-10-6-5-9-16(14)19/h5-6,9-10,12-13,15,17H,2-4,7-8,11H2,1H3. The van der Waals surface area contributed by atoms with Gasteiger partial charge in [0.2, 0.25) is 0 Å². The van der Waals surface area contributed by atoms with Gasteiger partial charge in [-0.2, -0.15) is 5.10 Å². The Morgan fingerprint density at radius 2 is 2.21 bits per heavy atom. The molecule has 0 spiro atoms. The number of pyridine rings is 1. The van der Waals surface area contributed by atoms with Crippen LogP contribution in [0.4, 0.5) is 0 Å². The molecule has 2 aromatic rings. The zero-order valence-corrected chi connectivity index (χ0v) is 11.7. The van der Waals surface area contributed by atoms with Crippen molar-refractivity contribution >= 4 is 5.52 Å². The lowest BCUT2D eigenvalue weighted by atomic mass is 9.83. The molecule has 0 bridgehead atoms. The minimum Gasteiger partial charge on any atom is -0.310 e. The lowest BCUT2D eigenvalue weighted by molar-refractivity contribution is 0.254. The van der Waals surface area contributed by atoms with E-state index in [9.17, 15) is 0 Å². The maximum absolute atomic E-state index is 4.40. The quantitative estimate of drug-likeness (QED) is 0.909. The van der Waals surface area contributed by atoms with E-state index in [1.54, 1.807) is 0 Å². The van der Waals surface area contributed by atoms with Gasteiger partial charge in [0.1, 0.15) is 0 Å². The van der Waals surface area contributed by atoms with Crippen LogP contribution in [-0.2, 0) is 6.54 Å². The van der Waals surface area contributed by atoms with Crippen LogP contribution >= 0.6 is 0 Å². The number of fused-ring (bicyclic) bond motifs is 1. The highest BCUT2D eigenvalue weighted by atomic mass is 15.2. The van der Waals surface area contributed by atoms with Crippen molar-refractivity contribution < 1.29 is 0 Å². The first-order chi connectivity index (χ1) is 9.38. The molecular weight excluding hydrogens is 234 g/mol. The summed E-state index contributed by atoms with van der Waals surface area (Å²) in [6, 6.07) is 6.93. The third-order valence-corrected chi connectivity index (χ3v) is 4.49. The normalized spacial score (nSPS) is 23.8. The minimum atomic E-state index is 0.692. The molecule has 3 heteroatoms. The minimum absolute atomic E-state index is 0.692. The van der Waals surface area contributed by atoms with Crippen LogP contribution in [0.1, 0.15) is 44.6 Å². The second kappa shape index (κ2) is 5.74. The molecule has 3 rings (SSSR count). The van der Waals surface area contributed by atoms with Crippen molar-refractivity contribution in [2.24, 2.45) is 5.92 Å². The fourth-order valence-electron chi connectivity index (χ4n) is 3.33. The highest BCUT2D eigenvalue weighted by Gasteiger charge is 2.23.